The first-order chi connectivity index (χ1) is 7.74. The van der Waals surface area contributed by atoms with Crippen LogP contribution in [0, 0.1) is 0 Å². The molecule has 1 aromatic carbocycles. The molecule has 0 spiro atoms. The van der Waals surface area contributed by atoms with Crippen molar-refractivity contribution in [3.8, 4) is 0 Å². The van der Waals surface area contributed by atoms with Gasteiger partial charge < -0.3 is 5.32 Å². The molecule has 2 rings (SSSR count). The Balaban J connectivity index is 1.82. The molecule has 1 aromatic rings. The van der Waals surface area contributed by atoms with E-state index in [1.807, 2.05) is 24.3 Å². The van der Waals surface area contributed by atoms with Gasteiger partial charge in [-0.15, -0.1) is 11.8 Å². The van der Waals surface area contributed by atoms with E-state index in [0.29, 0.717) is 6.42 Å². The Bertz CT molecular complexity index is 369. The summed E-state index contributed by atoms with van der Waals surface area (Å²) in [6.07, 6.45) is 0.567. The summed E-state index contributed by atoms with van der Waals surface area (Å²) >= 11 is 7.48. The highest BCUT2D eigenvalue weighted by atomic mass is 35.5. The van der Waals surface area contributed by atoms with E-state index in [-0.39, 0.29) is 11.4 Å². The Hall–Kier alpha value is -0.710. The van der Waals surface area contributed by atoms with Crippen LogP contribution in [0.15, 0.2) is 24.3 Å². The van der Waals surface area contributed by atoms with E-state index in [4.69, 9.17) is 11.6 Å². The van der Waals surface area contributed by atoms with E-state index in [0.717, 1.165) is 17.3 Å². The standard InChI is InChI=1S/C11H13ClN2OS/c12-9-3-1-8(2-4-9)7-16-11-13-6-5-10(15)14-11/h1-4,11,13H,5-7H2,(H,14,15). The predicted octanol–water partition coefficient (Wildman–Crippen LogP) is 1.97. The number of carbonyl (C=O) groups excluding carboxylic acids is 1. The fraction of sp³-hybridized carbons (Fsp3) is 0.364. The number of thioether (sulfide) groups is 1. The fourth-order valence-corrected chi connectivity index (χ4v) is 2.58. The van der Waals surface area contributed by atoms with Gasteiger partial charge in [0, 0.05) is 23.7 Å². The third-order valence-corrected chi connectivity index (χ3v) is 3.67. The fourth-order valence-electron chi connectivity index (χ4n) is 1.45. The smallest absolute Gasteiger partial charge is 0.223 e. The van der Waals surface area contributed by atoms with E-state index in [1.165, 1.54) is 5.56 Å². The normalized spacial score (nSPS) is 20.6. The lowest BCUT2D eigenvalue weighted by Gasteiger charge is -2.24. The van der Waals surface area contributed by atoms with Crippen LogP contribution in [0.25, 0.3) is 0 Å². The molecule has 0 bridgehead atoms. The second-order valence-electron chi connectivity index (χ2n) is 3.59. The highest BCUT2D eigenvalue weighted by Gasteiger charge is 2.16. The molecule has 3 nitrogen and oxygen atoms in total. The summed E-state index contributed by atoms with van der Waals surface area (Å²) in [4.78, 5) is 11.1. The molecule has 1 unspecified atom stereocenters. The number of rotatable bonds is 3. The Kier molecular flexibility index (Phi) is 4.09. The zero-order valence-electron chi connectivity index (χ0n) is 8.70. The van der Waals surface area contributed by atoms with E-state index in [1.54, 1.807) is 11.8 Å². The highest BCUT2D eigenvalue weighted by molar-refractivity contribution is 7.99. The third-order valence-electron chi connectivity index (χ3n) is 2.30. The molecule has 0 aliphatic carbocycles. The Morgan fingerprint density at radius 2 is 2.12 bits per heavy atom. The first kappa shape index (κ1) is 11.8. The van der Waals surface area contributed by atoms with Crippen molar-refractivity contribution >= 4 is 29.3 Å². The number of benzene rings is 1. The van der Waals surface area contributed by atoms with Gasteiger partial charge >= 0.3 is 0 Å². The van der Waals surface area contributed by atoms with Crippen LogP contribution in [0.1, 0.15) is 12.0 Å². The number of nitrogens with one attached hydrogen (secondary N) is 2. The minimum Gasteiger partial charge on any atom is -0.332 e. The molecule has 1 aliphatic heterocycles. The number of carbonyl (C=O) groups is 1. The molecular formula is C11H13ClN2OS. The predicted molar refractivity (Wildman–Crippen MR) is 67.3 cm³/mol. The Labute approximate surface area is 104 Å². The average molecular weight is 257 g/mol. The van der Waals surface area contributed by atoms with Gasteiger partial charge in [0.1, 0.15) is 5.50 Å². The van der Waals surface area contributed by atoms with E-state index in [2.05, 4.69) is 10.6 Å². The van der Waals surface area contributed by atoms with Crippen LogP contribution in [-0.2, 0) is 10.5 Å². The van der Waals surface area contributed by atoms with Crippen molar-refractivity contribution in [3.05, 3.63) is 34.9 Å². The van der Waals surface area contributed by atoms with Gasteiger partial charge in [0.05, 0.1) is 0 Å². The van der Waals surface area contributed by atoms with Gasteiger partial charge in [0.25, 0.3) is 0 Å². The summed E-state index contributed by atoms with van der Waals surface area (Å²) in [7, 11) is 0. The van der Waals surface area contributed by atoms with Crippen LogP contribution >= 0.6 is 23.4 Å². The van der Waals surface area contributed by atoms with Gasteiger partial charge in [-0.25, -0.2) is 0 Å². The molecule has 0 saturated carbocycles. The van der Waals surface area contributed by atoms with Crippen molar-refractivity contribution in [1.82, 2.24) is 10.6 Å². The summed E-state index contributed by atoms with van der Waals surface area (Å²) in [5.74, 6) is 0.974. The van der Waals surface area contributed by atoms with Gasteiger partial charge in [-0.05, 0) is 17.7 Å². The number of amides is 1. The van der Waals surface area contributed by atoms with Crippen molar-refractivity contribution < 1.29 is 4.79 Å². The molecule has 1 aliphatic rings. The number of hydrogen-bond donors (Lipinski definition) is 2. The largest absolute Gasteiger partial charge is 0.332 e. The van der Waals surface area contributed by atoms with Crippen LogP contribution in [0.5, 0.6) is 0 Å². The van der Waals surface area contributed by atoms with Crippen LogP contribution in [0.2, 0.25) is 5.02 Å². The summed E-state index contributed by atoms with van der Waals surface area (Å²) < 4.78 is 0. The van der Waals surface area contributed by atoms with E-state index in [9.17, 15) is 4.79 Å². The van der Waals surface area contributed by atoms with Gasteiger partial charge in [0.15, 0.2) is 0 Å². The molecule has 1 atom stereocenters. The Morgan fingerprint density at radius 1 is 1.38 bits per heavy atom. The zero-order chi connectivity index (χ0) is 11.4. The Morgan fingerprint density at radius 3 is 2.81 bits per heavy atom. The molecule has 2 N–H and O–H groups in total. The molecule has 1 amide bonds. The first-order valence-corrected chi connectivity index (χ1v) is 6.55. The molecule has 5 heteroatoms. The molecule has 1 saturated heterocycles. The van der Waals surface area contributed by atoms with E-state index >= 15 is 0 Å². The van der Waals surface area contributed by atoms with Gasteiger partial charge in [-0.1, -0.05) is 23.7 Å². The van der Waals surface area contributed by atoms with Gasteiger partial charge in [-0.2, -0.15) is 0 Å². The van der Waals surface area contributed by atoms with Crippen LogP contribution < -0.4 is 10.6 Å². The third kappa shape index (κ3) is 3.40. The number of hydrogen-bond acceptors (Lipinski definition) is 3. The van der Waals surface area contributed by atoms with Crippen molar-refractivity contribution in [2.24, 2.45) is 0 Å². The topological polar surface area (TPSA) is 41.1 Å². The minimum absolute atomic E-state index is 0.0249. The summed E-state index contributed by atoms with van der Waals surface area (Å²) in [5.41, 5.74) is 1.23. The molecule has 86 valence electrons. The molecular weight excluding hydrogens is 244 g/mol. The maximum absolute atomic E-state index is 11.1. The SMILES string of the molecule is O=C1CCNC(SCc2ccc(Cl)cc2)N1. The first-order valence-electron chi connectivity index (χ1n) is 5.13. The van der Waals surface area contributed by atoms with Crippen molar-refractivity contribution in [2.45, 2.75) is 17.7 Å². The molecule has 0 radical (unpaired) electrons. The minimum atomic E-state index is 0.0249. The summed E-state index contributed by atoms with van der Waals surface area (Å²) in [5, 5.41) is 6.87. The summed E-state index contributed by atoms with van der Waals surface area (Å²) in [6.45, 7) is 0.754. The molecule has 16 heavy (non-hydrogen) atoms. The highest BCUT2D eigenvalue weighted by Crippen LogP contribution is 2.18. The average Bonchev–Trinajstić information content (AvgIpc) is 2.28. The van der Waals surface area contributed by atoms with E-state index < -0.39 is 0 Å². The monoisotopic (exact) mass is 256 g/mol. The zero-order valence-corrected chi connectivity index (χ0v) is 10.3. The van der Waals surface area contributed by atoms with Crippen LogP contribution in [0.4, 0.5) is 0 Å². The quantitative estimate of drug-likeness (QED) is 0.869. The molecule has 0 aromatic heterocycles. The lowest BCUT2D eigenvalue weighted by molar-refractivity contribution is -0.122. The lowest BCUT2D eigenvalue weighted by Crippen LogP contribution is -2.49. The van der Waals surface area contributed by atoms with Crippen LogP contribution in [0.3, 0.4) is 0 Å². The molecule has 1 fully saturated rings. The number of halogens is 1. The maximum Gasteiger partial charge on any atom is 0.223 e. The van der Waals surface area contributed by atoms with Gasteiger partial charge in [0.2, 0.25) is 5.91 Å². The molecule has 1 heterocycles. The lowest BCUT2D eigenvalue weighted by atomic mass is 10.2. The van der Waals surface area contributed by atoms with Crippen LogP contribution in [-0.4, -0.2) is 17.9 Å². The van der Waals surface area contributed by atoms with Crippen molar-refractivity contribution in [2.75, 3.05) is 6.54 Å². The second kappa shape index (κ2) is 5.57. The van der Waals surface area contributed by atoms with Crippen molar-refractivity contribution in [3.63, 3.8) is 0 Å². The van der Waals surface area contributed by atoms with Gasteiger partial charge in [-0.3, -0.25) is 10.1 Å². The summed E-state index contributed by atoms with van der Waals surface area (Å²) in [6, 6.07) is 7.76. The second-order valence-corrected chi connectivity index (χ2v) is 5.12. The maximum atomic E-state index is 11.1. The van der Waals surface area contributed by atoms with Crippen molar-refractivity contribution in [1.29, 1.82) is 0 Å².